The molecule has 1 fully saturated rings. The fourth-order valence-electron chi connectivity index (χ4n) is 2.04. The first-order valence-corrected chi connectivity index (χ1v) is 5.37. The van der Waals surface area contributed by atoms with E-state index in [1.807, 2.05) is 0 Å². The van der Waals surface area contributed by atoms with Crippen LogP contribution in [0.25, 0.3) is 0 Å². The normalized spacial score (nSPS) is 19.4. The number of hydrogen-bond donors (Lipinski definition) is 0. The van der Waals surface area contributed by atoms with Crippen molar-refractivity contribution >= 4 is 11.9 Å². The minimum atomic E-state index is -1.29. The third kappa shape index (κ3) is 2.13. The summed E-state index contributed by atoms with van der Waals surface area (Å²) in [6, 6.07) is 4.61. The summed E-state index contributed by atoms with van der Waals surface area (Å²) >= 11 is 0. The number of carbonyl (C=O) groups excluding carboxylic acids is 2. The Bertz CT molecular complexity index is 461. The number of carboxylic acids is 1. The summed E-state index contributed by atoms with van der Waals surface area (Å²) in [5.74, 6) is -2.51. The third-order valence-electron chi connectivity index (χ3n) is 2.89. The Morgan fingerprint density at radius 1 is 1.35 bits per heavy atom. The molecule has 1 heterocycles. The van der Waals surface area contributed by atoms with Gasteiger partial charge in [-0.25, -0.2) is 4.39 Å². The lowest BCUT2D eigenvalue weighted by molar-refractivity contribution is -0.310. The van der Waals surface area contributed by atoms with Gasteiger partial charge in [-0.15, -0.1) is 0 Å². The average Bonchev–Trinajstić information content (AvgIpc) is 2.77. The molecule has 1 aromatic carbocycles. The van der Waals surface area contributed by atoms with Gasteiger partial charge in [-0.05, 0) is 25.0 Å². The van der Waals surface area contributed by atoms with Gasteiger partial charge in [0, 0.05) is 6.54 Å². The number of halogens is 1. The zero-order valence-corrected chi connectivity index (χ0v) is 9.06. The Morgan fingerprint density at radius 3 is 2.71 bits per heavy atom. The van der Waals surface area contributed by atoms with Crippen molar-refractivity contribution < 1.29 is 19.1 Å². The molecule has 1 aromatic rings. The SMILES string of the molecule is O=C([O-])[C@H]1CCCN1C(=O)c1ccccc1F. The van der Waals surface area contributed by atoms with Crippen LogP contribution in [0.1, 0.15) is 23.2 Å². The summed E-state index contributed by atoms with van der Waals surface area (Å²) < 4.78 is 13.4. The molecule has 90 valence electrons. The number of nitrogens with zero attached hydrogens (tertiary/aromatic N) is 1. The Morgan fingerprint density at radius 2 is 2.06 bits per heavy atom. The third-order valence-corrected chi connectivity index (χ3v) is 2.89. The summed E-state index contributed by atoms with van der Waals surface area (Å²) in [5, 5.41) is 10.8. The molecule has 1 aliphatic heterocycles. The zero-order chi connectivity index (χ0) is 12.4. The fraction of sp³-hybridized carbons (Fsp3) is 0.333. The van der Waals surface area contributed by atoms with Crippen LogP contribution in [0.2, 0.25) is 0 Å². The van der Waals surface area contributed by atoms with E-state index in [-0.39, 0.29) is 5.56 Å². The van der Waals surface area contributed by atoms with E-state index in [0.717, 1.165) is 4.90 Å². The molecule has 0 N–H and O–H groups in total. The van der Waals surface area contributed by atoms with Gasteiger partial charge >= 0.3 is 0 Å². The quantitative estimate of drug-likeness (QED) is 0.736. The Kier molecular flexibility index (Phi) is 3.08. The first-order chi connectivity index (χ1) is 8.11. The van der Waals surface area contributed by atoms with E-state index in [9.17, 15) is 19.1 Å². The number of rotatable bonds is 2. The van der Waals surface area contributed by atoms with Gasteiger partial charge < -0.3 is 14.8 Å². The summed E-state index contributed by atoms with van der Waals surface area (Å²) in [6.45, 7) is 0.325. The largest absolute Gasteiger partial charge is 0.548 e. The molecule has 0 saturated carbocycles. The van der Waals surface area contributed by atoms with Gasteiger partial charge in [-0.3, -0.25) is 4.79 Å². The lowest BCUT2D eigenvalue weighted by atomic mass is 10.1. The lowest BCUT2D eigenvalue weighted by Crippen LogP contribution is -2.47. The first-order valence-electron chi connectivity index (χ1n) is 5.37. The molecular formula is C12H11FNO3-. The van der Waals surface area contributed by atoms with Crippen molar-refractivity contribution in [3.63, 3.8) is 0 Å². The Labute approximate surface area is 97.7 Å². The van der Waals surface area contributed by atoms with Crippen LogP contribution < -0.4 is 5.11 Å². The molecule has 0 aromatic heterocycles. The summed E-state index contributed by atoms with van der Waals surface area (Å²) in [5.41, 5.74) is -0.0966. The number of carboxylic acid groups (broad SMARTS) is 1. The fourth-order valence-corrected chi connectivity index (χ4v) is 2.04. The molecule has 0 radical (unpaired) electrons. The number of amides is 1. The average molecular weight is 236 g/mol. The second kappa shape index (κ2) is 4.53. The standard InChI is InChI=1S/C12H12FNO3/c13-9-5-2-1-4-8(9)11(15)14-7-3-6-10(14)12(16)17/h1-2,4-5,10H,3,6-7H2,(H,16,17)/p-1/t10-/m1/s1. The zero-order valence-electron chi connectivity index (χ0n) is 9.06. The highest BCUT2D eigenvalue weighted by molar-refractivity contribution is 5.96. The van der Waals surface area contributed by atoms with Crippen LogP contribution in [0.4, 0.5) is 4.39 Å². The van der Waals surface area contributed by atoms with E-state index in [4.69, 9.17) is 0 Å². The molecule has 1 saturated heterocycles. The van der Waals surface area contributed by atoms with Gasteiger partial charge in [0.05, 0.1) is 17.6 Å². The minimum Gasteiger partial charge on any atom is -0.548 e. The van der Waals surface area contributed by atoms with Gasteiger partial charge in [0.25, 0.3) is 5.91 Å². The lowest BCUT2D eigenvalue weighted by Gasteiger charge is -2.25. The van der Waals surface area contributed by atoms with E-state index >= 15 is 0 Å². The van der Waals surface area contributed by atoms with E-state index < -0.39 is 23.7 Å². The minimum absolute atomic E-state index is 0.0966. The van der Waals surface area contributed by atoms with Crippen LogP contribution in [0, 0.1) is 5.82 Å². The summed E-state index contributed by atoms with van der Waals surface area (Å²) in [7, 11) is 0. The molecule has 5 heteroatoms. The highest BCUT2D eigenvalue weighted by Gasteiger charge is 2.31. The maximum atomic E-state index is 13.4. The monoisotopic (exact) mass is 236 g/mol. The maximum Gasteiger partial charge on any atom is 0.257 e. The topological polar surface area (TPSA) is 60.4 Å². The number of hydrogen-bond acceptors (Lipinski definition) is 3. The van der Waals surface area contributed by atoms with Crippen LogP contribution in [-0.4, -0.2) is 29.4 Å². The van der Waals surface area contributed by atoms with Crippen molar-refractivity contribution in [2.45, 2.75) is 18.9 Å². The van der Waals surface area contributed by atoms with Crippen molar-refractivity contribution in [1.29, 1.82) is 0 Å². The maximum absolute atomic E-state index is 13.4. The van der Waals surface area contributed by atoms with Crippen LogP contribution in [-0.2, 0) is 4.79 Å². The molecule has 0 aliphatic carbocycles. The molecule has 1 atom stereocenters. The molecule has 4 nitrogen and oxygen atoms in total. The van der Waals surface area contributed by atoms with E-state index in [2.05, 4.69) is 0 Å². The molecule has 2 rings (SSSR count). The number of likely N-dealkylation sites (tertiary alicyclic amines) is 1. The molecule has 0 spiro atoms. The highest BCUT2D eigenvalue weighted by atomic mass is 19.1. The summed E-state index contributed by atoms with van der Waals surface area (Å²) in [4.78, 5) is 24.0. The molecule has 1 aliphatic rings. The van der Waals surface area contributed by atoms with Crippen molar-refractivity contribution in [3.05, 3.63) is 35.6 Å². The molecule has 0 unspecified atom stereocenters. The Balaban J connectivity index is 2.26. The van der Waals surface area contributed by atoms with Crippen molar-refractivity contribution in [2.24, 2.45) is 0 Å². The highest BCUT2D eigenvalue weighted by Crippen LogP contribution is 2.20. The molecule has 0 bridgehead atoms. The van der Waals surface area contributed by atoms with Gasteiger partial charge in [0.1, 0.15) is 5.82 Å². The Hall–Kier alpha value is -1.91. The number of aliphatic carboxylic acids is 1. The molecule has 1 amide bonds. The van der Waals surface area contributed by atoms with Gasteiger partial charge in [-0.2, -0.15) is 0 Å². The van der Waals surface area contributed by atoms with Gasteiger partial charge in [-0.1, -0.05) is 12.1 Å². The predicted molar refractivity (Wildman–Crippen MR) is 55.5 cm³/mol. The smallest absolute Gasteiger partial charge is 0.257 e. The van der Waals surface area contributed by atoms with E-state index in [0.29, 0.717) is 19.4 Å². The van der Waals surface area contributed by atoms with E-state index in [1.54, 1.807) is 6.07 Å². The van der Waals surface area contributed by atoms with Crippen molar-refractivity contribution in [1.82, 2.24) is 4.90 Å². The van der Waals surface area contributed by atoms with Crippen LogP contribution in [0.5, 0.6) is 0 Å². The van der Waals surface area contributed by atoms with Crippen molar-refractivity contribution in [2.75, 3.05) is 6.54 Å². The summed E-state index contributed by atoms with van der Waals surface area (Å²) in [6.07, 6.45) is 0.960. The van der Waals surface area contributed by atoms with Gasteiger partial charge in [0.2, 0.25) is 0 Å². The second-order valence-corrected chi connectivity index (χ2v) is 3.96. The van der Waals surface area contributed by atoms with Crippen LogP contribution >= 0.6 is 0 Å². The molecule has 17 heavy (non-hydrogen) atoms. The number of carbonyl (C=O) groups is 2. The van der Waals surface area contributed by atoms with Gasteiger partial charge in [0.15, 0.2) is 0 Å². The van der Waals surface area contributed by atoms with Crippen LogP contribution in [0.15, 0.2) is 24.3 Å². The van der Waals surface area contributed by atoms with Crippen molar-refractivity contribution in [3.8, 4) is 0 Å². The van der Waals surface area contributed by atoms with E-state index in [1.165, 1.54) is 18.2 Å². The number of benzene rings is 1. The first kappa shape index (κ1) is 11.6. The molecular weight excluding hydrogens is 225 g/mol. The second-order valence-electron chi connectivity index (χ2n) is 3.96. The predicted octanol–water partition coefficient (Wildman–Crippen LogP) is 0.180. The van der Waals surface area contributed by atoms with Crippen LogP contribution in [0.3, 0.4) is 0 Å².